The molecule has 182 valence electrons. The molecule has 0 atom stereocenters. The van der Waals surface area contributed by atoms with E-state index in [4.69, 9.17) is 9.72 Å². The number of anilines is 1. The van der Waals surface area contributed by atoms with Crippen molar-refractivity contribution in [1.82, 2.24) is 34.4 Å². The Morgan fingerprint density at radius 2 is 1.91 bits per heavy atom. The predicted molar refractivity (Wildman–Crippen MR) is 132 cm³/mol. The lowest BCUT2D eigenvalue weighted by molar-refractivity contribution is -0.135. The highest BCUT2D eigenvalue weighted by Crippen LogP contribution is 2.35. The molecule has 1 aliphatic carbocycles. The summed E-state index contributed by atoms with van der Waals surface area (Å²) in [6, 6.07) is 4.20. The van der Waals surface area contributed by atoms with Crippen LogP contribution in [0.15, 0.2) is 24.5 Å². The number of aromatic amines is 1. The van der Waals surface area contributed by atoms with Crippen LogP contribution in [-0.4, -0.2) is 66.6 Å². The molecule has 2 N–H and O–H groups in total. The number of rotatable bonds is 5. The molecule has 4 aromatic heterocycles. The number of H-pyrrole nitrogens is 1. The molecule has 6 rings (SSSR count). The summed E-state index contributed by atoms with van der Waals surface area (Å²) < 4.78 is 7.65. The normalized spacial score (nSPS) is 20.6. The van der Waals surface area contributed by atoms with Gasteiger partial charge < -0.3 is 19.9 Å². The van der Waals surface area contributed by atoms with Gasteiger partial charge in [0.05, 0.1) is 12.5 Å². The van der Waals surface area contributed by atoms with Crippen molar-refractivity contribution in [2.45, 2.75) is 51.5 Å². The maximum Gasteiger partial charge on any atom is 0.228 e. The number of methoxy groups -OCH3 is 1. The summed E-state index contributed by atoms with van der Waals surface area (Å²) in [5, 5.41) is 12.6. The van der Waals surface area contributed by atoms with Crippen LogP contribution >= 0.6 is 0 Å². The lowest BCUT2D eigenvalue weighted by Gasteiger charge is -2.30. The van der Waals surface area contributed by atoms with Crippen molar-refractivity contribution in [2.24, 2.45) is 5.92 Å². The summed E-state index contributed by atoms with van der Waals surface area (Å²) in [6.45, 7) is 3.78. The lowest BCUT2D eigenvalue weighted by Crippen LogP contribution is -2.37. The minimum absolute atomic E-state index is 0.154. The highest BCUT2D eigenvalue weighted by atomic mass is 16.5. The summed E-state index contributed by atoms with van der Waals surface area (Å²) in [5.41, 5.74) is 3.47. The number of nitrogens with one attached hydrogen (secondary N) is 2. The maximum absolute atomic E-state index is 12.7. The third-order valence-electron chi connectivity index (χ3n) is 7.40. The number of aromatic nitrogens is 6. The number of carbonyl (C=O) groups is 1. The fraction of sp³-hybridized carbons (Fsp3) is 0.480. The summed E-state index contributed by atoms with van der Waals surface area (Å²) in [4.78, 5) is 27.5. The second-order valence-electron chi connectivity index (χ2n) is 9.60. The fourth-order valence-electron chi connectivity index (χ4n) is 5.47. The topological polar surface area (TPSA) is 113 Å². The number of hydrogen-bond donors (Lipinski definition) is 2. The zero-order valence-electron chi connectivity index (χ0n) is 20.1. The zero-order valence-corrected chi connectivity index (χ0v) is 20.1. The Morgan fingerprint density at radius 3 is 2.69 bits per heavy atom. The predicted octanol–water partition coefficient (Wildman–Crippen LogP) is 3.58. The minimum Gasteiger partial charge on any atom is -0.480 e. The van der Waals surface area contributed by atoms with E-state index in [1.165, 1.54) is 0 Å². The lowest BCUT2D eigenvalue weighted by atomic mass is 9.85. The molecule has 0 aromatic carbocycles. The molecule has 1 amide bonds. The van der Waals surface area contributed by atoms with Crippen molar-refractivity contribution in [3.05, 3.63) is 30.4 Å². The number of pyridine rings is 1. The Kier molecular flexibility index (Phi) is 5.50. The summed E-state index contributed by atoms with van der Waals surface area (Å²) in [5.74, 6) is 2.39. The Balaban J connectivity index is 1.21. The zero-order chi connectivity index (χ0) is 23.9. The molecule has 4 aromatic rings. The van der Waals surface area contributed by atoms with Gasteiger partial charge in [0.2, 0.25) is 17.7 Å². The molecule has 10 heteroatoms. The van der Waals surface area contributed by atoms with Crippen molar-refractivity contribution in [3.63, 3.8) is 0 Å². The summed E-state index contributed by atoms with van der Waals surface area (Å²) in [7, 11) is 1.63. The van der Waals surface area contributed by atoms with Crippen molar-refractivity contribution in [2.75, 3.05) is 25.5 Å². The van der Waals surface area contributed by atoms with E-state index < -0.39 is 0 Å². The quantitative estimate of drug-likeness (QED) is 0.454. The Labute approximate surface area is 203 Å². The van der Waals surface area contributed by atoms with Crippen molar-refractivity contribution in [1.29, 1.82) is 0 Å². The number of carbonyl (C=O) groups excluding carboxylic acids is 1. The van der Waals surface area contributed by atoms with E-state index in [2.05, 4.69) is 25.5 Å². The fourth-order valence-corrected chi connectivity index (χ4v) is 5.47. The van der Waals surface area contributed by atoms with Gasteiger partial charge in [-0.3, -0.25) is 9.20 Å². The Morgan fingerprint density at radius 1 is 1.11 bits per heavy atom. The van der Waals surface area contributed by atoms with Crippen LogP contribution in [0.3, 0.4) is 0 Å². The average molecular weight is 475 g/mol. The van der Waals surface area contributed by atoms with E-state index in [-0.39, 0.29) is 12.0 Å². The van der Waals surface area contributed by atoms with Gasteiger partial charge in [-0.25, -0.2) is 0 Å². The monoisotopic (exact) mass is 474 g/mol. The third-order valence-corrected chi connectivity index (χ3v) is 7.40. The standard InChI is InChI=1S/C25H30N8O2/c1-15-30-31-20-10-7-17(14-33(15)20)19-13-26-22-21(19)23(35-2)29-25(28-22)27-18-8-5-16(6-9-18)24(34)32-11-3-4-12-32/h7,10,13-14,16,18H,3-6,8-9,11-12H2,1-2H3,(H2,26,27,28,29)/t16-,18+. The SMILES string of the molecule is COc1nc(N[C@H]2CC[C@@H](C(=O)N3CCCC3)CC2)nc2[nH]cc(-c3ccc4nnc(C)n4c3)c12. The van der Waals surface area contributed by atoms with Gasteiger partial charge in [-0.1, -0.05) is 0 Å². The van der Waals surface area contributed by atoms with Crippen LogP contribution in [0.5, 0.6) is 5.88 Å². The molecule has 1 saturated carbocycles. The number of hydrogen-bond acceptors (Lipinski definition) is 7. The molecule has 1 saturated heterocycles. The van der Waals surface area contributed by atoms with E-state index >= 15 is 0 Å². The van der Waals surface area contributed by atoms with E-state index in [0.29, 0.717) is 23.4 Å². The van der Waals surface area contributed by atoms with E-state index in [0.717, 1.165) is 79.6 Å². The smallest absolute Gasteiger partial charge is 0.228 e. The highest BCUT2D eigenvalue weighted by Gasteiger charge is 2.31. The van der Waals surface area contributed by atoms with Gasteiger partial charge in [0.15, 0.2) is 5.65 Å². The van der Waals surface area contributed by atoms with Gasteiger partial charge in [-0.2, -0.15) is 9.97 Å². The number of aryl methyl sites for hydroxylation is 1. The van der Waals surface area contributed by atoms with Crippen LogP contribution in [0.25, 0.3) is 27.8 Å². The van der Waals surface area contributed by atoms with Gasteiger partial charge in [-0.05, 0) is 57.6 Å². The van der Waals surface area contributed by atoms with Crippen LogP contribution in [-0.2, 0) is 4.79 Å². The molecule has 10 nitrogen and oxygen atoms in total. The van der Waals surface area contributed by atoms with Crippen LogP contribution < -0.4 is 10.1 Å². The van der Waals surface area contributed by atoms with E-state index in [1.807, 2.05) is 40.8 Å². The third kappa shape index (κ3) is 3.96. The molecule has 0 spiro atoms. The molecule has 2 aliphatic rings. The van der Waals surface area contributed by atoms with Crippen molar-refractivity contribution >= 4 is 28.5 Å². The largest absolute Gasteiger partial charge is 0.480 e. The number of ether oxygens (including phenoxy) is 1. The Hall–Kier alpha value is -3.69. The van der Waals surface area contributed by atoms with Gasteiger partial charge in [0.1, 0.15) is 11.5 Å². The van der Waals surface area contributed by atoms with Gasteiger partial charge in [0.25, 0.3) is 0 Å². The number of fused-ring (bicyclic) bond motifs is 2. The summed E-state index contributed by atoms with van der Waals surface area (Å²) in [6.07, 6.45) is 9.90. The average Bonchev–Trinajstić information content (AvgIpc) is 3.64. The Bertz CT molecular complexity index is 1380. The van der Waals surface area contributed by atoms with Crippen LogP contribution in [0.1, 0.15) is 44.3 Å². The van der Waals surface area contributed by atoms with Crippen molar-refractivity contribution < 1.29 is 9.53 Å². The second kappa shape index (κ2) is 8.83. The van der Waals surface area contributed by atoms with Gasteiger partial charge >= 0.3 is 0 Å². The van der Waals surface area contributed by atoms with Crippen LogP contribution in [0, 0.1) is 12.8 Å². The molecule has 0 unspecified atom stereocenters. The number of nitrogens with zero attached hydrogens (tertiary/aromatic N) is 6. The molecule has 1 aliphatic heterocycles. The molecule has 2 fully saturated rings. The van der Waals surface area contributed by atoms with Crippen molar-refractivity contribution in [3.8, 4) is 17.0 Å². The van der Waals surface area contributed by atoms with E-state index in [1.54, 1.807) is 7.11 Å². The molecular formula is C25H30N8O2. The van der Waals surface area contributed by atoms with Gasteiger partial charge in [0, 0.05) is 48.6 Å². The highest BCUT2D eigenvalue weighted by molar-refractivity contribution is 5.97. The first-order valence-corrected chi connectivity index (χ1v) is 12.4. The first kappa shape index (κ1) is 21.8. The van der Waals surface area contributed by atoms with Gasteiger partial charge in [-0.15, -0.1) is 10.2 Å². The molecule has 5 heterocycles. The molecule has 0 bridgehead atoms. The minimum atomic E-state index is 0.154. The first-order chi connectivity index (χ1) is 17.1. The van der Waals surface area contributed by atoms with Crippen LogP contribution in [0.2, 0.25) is 0 Å². The first-order valence-electron chi connectivity index (χ1n) is 12.4. The number of likely N-dealkylation sites (tertiary alicyclic amines) is 1. The summed E-state index contributed by atoms with van der Waals surface area (Å²) >= 11 is 0. The maximum atomic E-state index is 12.7. The second-order valence-corrected chi connectivity index (χ2v) is 9.60. The van der Waals surface area contributed by atoms with Crippen LogP contribution in [0.4, 0.5) is 5.95 Å². The number of amides is 1. The molecule has 35 heavy (non-hydrogen) atoms. The molecular weight excluding hydrogens is 444 g/mol. The van der Waals surface area contributed by atoms with E-state index in [9.17, 15) is 4.79 Å². The molecule has 0 radical (unpaired) electrons.